The Hall–Kier alpha value is -2.08. The van der Waals surface area contributed by atoms with Gasteiger partial charge in [-0.15, -0.1) is 11.8 Å². The third kappa shape index (κ3) is 5.43. The van der Waals surface area contributed by atoms with E-state index in [1.165, 1.54) is 0 Å². The van der Waals surface area contributed by atoms with Crippen molar-refractivity contribution in [1.29, 1.82) is 0 Å². The number of nitrogens with zero attached hydrogens (tertiary/aromatic N) is 2. The molecule has 110 valence electrons. The zero-order valence-corrected chi connectivity index (χ0v) is 12.7. The molecule has 2 N–H and O–H groups in total. The first-order chi connectivity index (χ1) is 10.3. The summed E-state index contributed by atoms with van der Waals surface area (Å²) < 4.78 is 0. The van der Waals surface area contributed by atoms with Gasteiger partial charge in [0.25, 0.3) is 0 Å². The van der Waals surface area contributed by atoms with Crippen molar-refractivity contribution in [2.75, 3.05) is 17.6 Å². The topological polar surface area (TPSA) is 66.9 Å². The van der Waals surface area contributed by atoms with Gasteiger partial charge in [-0.2, -0.15) is 0 Å². The van der Waals surface area contributed by atoms with Crippen LogP contribution in [-0.2, 0) is 6.42 Å². The summed E-state index contributed by atoms with van der Waals surface area (Å²) in [7, 11) is 0. The van der Waals surface area contributed by atoms with E-state index in [4.69, 9.17) is 0 Å². The second kappa shape index (κ2) is 8.26. The van der Waals surface area contributed by atoms with Crippen LogP contribution in [0.25, 0.3) is 0 Å². The zero-order valence-electron chi connectivity index (χ0n) is 11.9. The maximum atomic E-state index is 11.7. The SMILES string of the molecule is CCSc1ccc(NC(=O)NCCc2ccccn2)cn1. The lowest BCUT2D eigenvalue weighted by atomic mass is 10.3. The van der Waals surface area contributed by atoms with Gasteiger partial charge >= 0.3 is 6.03 Å². The van der Waals surface area contributed by atoms with Crippen LogP contribution in [0.1, 0.15) is 12.6 Å². The highest BCUT2D eigenvalue weighted by molar-refractivity contribution is 7.99. The summed E-state index contributed by atoms with van der Waals surface area (Å²) in [6.07, 6.45) is 4.12. The number of hydrogen-bond acceptors (Lipinski definition) is 4. The average Bonchev–Trinajstić information content (AvgIpc) is 2.51. The number of aromatic nitrogens is 2. The van der Waals surface area contributed by atoms with Gasteiger partial charge in [-0.3, -0.25) is 4.98 Å². The maximum Gasteiger partial charge on any atom is 0.319 e. The van der Waals surface area contributed by atoms with Gasteiger partial charge < -0.3 is 10.6 Å². The molecule has 0 atom stereocenters. The van der Waals surface area contributed by atoms with Crippen molar-refractivity contribution in [3.8, 4) is 0 Å². The Morgan fingerprint density at radius 1 is 1.24 bits per heavy atom. The third-order valence-electron chi connectivity index (χ3n) is 2.68. The Morgan fingerprint density at radius 2 is 2.14 bits per heavy atom. The molecule has 0 unspecified atom stereocenters. The number of nitrogens with one attached hydrogen (secondary N) is 2. The Morgan fingerprint density at radius 3 is 2.81 bits per heavy atom. The minimum absolute atomic E-state index is 0.233. The van der Waals surface area contributed by atoms with Crippen molar-refractivity contribution in [3.63, 3.8) is 0 Å². The molecule has 21 heavy (non-hydrogen) atoms. The largest absolute Gasteiger partial charge is 0.337 e. The van der Waals surface area contributed by atoms with Crippen LogP contribution in [-0.4, -0.2) is 28.3 Å². The Bertz CT molecular complexity index is 560. The molecule has 2 aromatic rings. The molecule has 0 saturated carbocycles. The van der Waals surface area contributed by atoms with E-state index in [9.17, 15) is 4.79 Å². The number of amides is 2. The molecule has 2 heterocycles. The van der Waals surface area contributed by atoms with Crippen molar-refractivity contribution in [1.82, 2.24) is 15.3 Å². The Kier molecular flexibility index (Phi) is 6.02. The van der Waals surface area contributed by atoms with Gasteiger partial charge in [-0.05, 0) is 30.0 Å². The number of hydrogen-bond donors (Lipinski definition) is 2. The van der Waals surface area contributed by atoms with Crippen molar-refractivity contribution >= 4 is 23.5 Å². The maximum absolute atomic E-state index is 11.7. The van der Waals surface area contributed by atoms with E-state index in [1.807, 2.05) is 30.3 Å². The lowest BCUT2D eigenvalue weighted by molar-refractivity contribution is 0.252. The van der Waals surface area contributed by atoms with Gasteiger partial charge in [0.2, 0.25) is 0 Å². The van der Waals surface area contributed by atoms with Gasteiger partial charge in [0.15, 0.2) is 0 Å². The first-order valence-corrected chi connectivity index (χ1v) is 7.80. The molecule has 0 fully saturated rings. The van der Waals surface area contributed by atoms with E-state index < -0.39 is 0 Å². The molecule has 0 radical (unpaired) electrons. The highest BCUT2D eigenvalue weighted by Crippen LogP contribution is 2.16. The predicted molar refractivity (Wildman–Crippen MR) is 85.6 cm³/mol. The molecule has 0 bridgehead atoms. The van der Waals surface area contributed by atoms with Crippen molar-refractivity contribution < 1.29 is 4.79 Å². The number of carbonyl (C=O) groups is 1. The fraction of sp³-hybridized carbons (Fsp3) is 0.267. The summed E-state index contributed by atoms with van der Waals surface area (Å²) in [5.41, 5.74) is 1.64. The van der Waals surface area contributed by atoms with Crippen LogP contribution in [0.5, 0.6) is 0 Å². The number of pyridine rings is 2. The number of rotatable bonds is 6. The van der Waals surface area contributed by atoms with E-state index in [2.05, 4.69) is 27.5 Å². The molecule has 6 heteroatoms. The first kappa shape index (κ1) is 15.3. The summed E-state index contributed by atoms with van der Waals surface area (Å²) in [6.45, 7) is 2.62. The quantitative estimate of drug-likeness (QED) is 0.805. The van der Waals surface area contributed by atoms with E-state index in [1.54, 1.807) is 24.2 Å². The molecule has 5 nitrogen and oxygen atoms in total. The molecule has 2 rings (SSSR count). The Labute approximate surface area is 128 Å². The van der Waals surface area contributed by atoms with Gasteiger partial charge in [-0.1, -0.05) is 13.0 Å². The van der Waals surface area contributed by atoms with Crippen molar-refractivity contribution in [2.45, 2.75) is 18.4 Å². The summed E-state index contributed by atoms with van der Waals surface area (Å²) in [6, 6.07) is 9.26. The lowest BCUT2D eigenvalue weighted by Gasteiger charge is -2.07. The molecule has 0 aliphatic rings. The van der Waals surface area contributed by atoms with Gasteiger partial charge in [-0.25, -0.2) is 9.78 Å². The smallest absolute Gasteiger partial charge is 0.319 e. The predicted octanol–water partition coefficient (Wildman–Crippen LogP) is 2.95. The van der Waals surface area contributed by atoms with E-state index in [-0.39, 0.29) is 6.03 Å². The van der Waals surface area contributed by atoms with Crippen LogP contribution < -0.4 is 10.6 Å². The molecule has 0 saturated heterocycles. The van der Waals surface area contributed by atoms with Gasteiger partial charge in [0.1, 0.15) is 0 Å². The second-order valence-corrected chi connectivity index (χ2v) is 5.55. The highest BCUT2D eigenvalue weighted by Gasteiger charge is 2.02. The fourth-order valence-electron chi connectivity index (χ4n) is 1.71. The normalized spacial score (nSPS) is 10.1. The van der Waals surface area contributed by atoms with E-state index in [0.29, 0.717) is 18.7 Å². The minimum atomic E-state index is -0.233. The number of thioether (sulfide) groups is 1. The van der Waals surface area contributed by atoms with Crippen molar-refractivity contribution in [3.05, 3.63) is 48.4 Å². The van der Waals surface area contributed by atoms with Crippen LogP contribution in [0, 0.1) is 0 Å². The monoisotopic (exact) mass is 302 g/mol. The number of anilines is 1. The Balaban J connectivity index is 1.74. The minimum Gasteiger partial charge on any atom is -0.337 e. The molecular formula is C15H18N4OS. The van der Waals surface area contributed by atoms with Crippen molar-refractivity contribution in [2.24, 2.45) is 0 Å². The first-order valence-electron chi connectivity index (χ1n) is 6.81. The van der Waals surface area contributed by atoms with Crippen LogP contribution in [0.15, 0.2) is 47.8 Å². The highest BCUT2D eigenvalue weighted by atomic mass is 32.2. The fourth-order valence-corrected chi connectivity index (χ4v) is 2.30. The number of carbonyl (C=O) groups excluding carboxylic acids is 1. The van der Waals surface area contributed by atoms with Gasteiger partial charge in [0.05, 0.1) is 16.9 Å². The molecule has 0 spiro atoms. The van der Waals surface area contributed by atoms with Crippen LogP contribution in [0.2, 0.25) is 0 Å². The summed E-state index contributed by atoms with van der Waals surface area (Å²) in [5.74, 6) is 0.980. The molecule has 0 aliphatic carbocycles. The molecule has 0 aromatic carbocycles. The third-order valence-corrected chi connectivity index (χ3v) is 3.51. The zero-order chi connectivity index (χ0) is 14.9. The molecule has 2 amide bonds. The van der Waals surface area contributed by atoms with Crippen LogP contribution in [0.3, 0.4) is 0 Å². The molecule has 2 aromatic heterocycles. The average molecular weight is 302 g/mol. The van der Waals surface area contributed by atoms with Crippen LogP contribution >= 0.6 is 11.8 Å². The van der Waals surface area contributed by atoms with Gasteiger partial charge in [0, 0.05) is 24.9 Å². The summed E-state index contributed by atoms with van der Waals surface area (Å²) in [5, 5.41) is 6.51. The summed E-state index contributed by atoms with van der Waals surface area (Å²) in [4.78, 5) is 20.2. The number of urea groups is 1. The lowest BCUT2D eigenvalue weighted by Crippen LogP contribution is -2.30. The second-order valence-electron chi connectivity index (χ2n) is 4.27. The molecular weight excluding hydrogens is 284 g/mol. The standard InChI is InChI=1S/C15H18N4OS/c1-2-21-14-7-6-13(11-18-14)19-15(20)17-10-8-12-5-3-4-9-16-12/h3-7,9,11H,2,8,10H2,1H3,(H2,17,19,20). The van der Waals surface area contributed by atoms with E-state index in [0.717, 1.165) is 16.5 Å². The molecule has 0 aliphatic heterocycles. The van der Waals surface area contributed by atoms with Crippen LogP contribution in [0.4, 0.5) is 10.5 Å². The van der Waals surface area contributed by atoms with E-state index >= 15 is 0 Å². The summed E-state index contributed by atoms with van der Waals surface area (Å²) >= 11 is 1.67.